The van der Waals surface area contributed by atoms with Crippen LogP contribution in [0.1, 0.15) is 5.56 Å². The Morgan fingerprint density at radius 2 is 1.97 bits per heavy atom. The molecular formula is C22H19Cl2N5O3. The van der Waals surface area contributed by atoms with Gasteiger partial charge in [0.15, 0.2) is 0 Å². The van der Waals surface area contributed by atoms with Gasteiger partial charge >= 0.3 is 0 Å². The van der Waals surface area contributed by atoms with E-state index in [9.17, 15) is 0 Å². The average molecular weight is 472 g/mol. The summed E-state index contributed by atoms with van der Waals surface area (Å²) < 4.78 is 22.3. The van der Waals surface area contributed by atoms with Crippen molar-refractivity contribution >= 4 is 23.2 Å². The summed E-state index contributed by atoms with van der Waals surface area (Å²) in [5.74, 6) is -0.378. The van der Waals surface area contributed by atoms with Crippen molar-refractivity contribution in [1.82, 2.24) is 24.3 Å². The van der Waals surface area contributed by atoms with Crippen LogP contribution in [0.4, 0.5) is 0 Å². The molecule has 0 N–H and O–H groups in total. The molecule has 0 bridgehead atoms. The Kier molecular flexibility index (Phi) is 5.84. The van der Waals surface area contributed by atoms with Gasteiger partial charge in [-0.1, -0.05) is 35.3 Å². The molecule has 0 aliphatic carbocycles. The van der Waals surface area contributed by atoms with Gasteiger partial charge in [0, 0.05) is 29.0 Å². The average Bonchev–Trinajstić information content (AvgIpc) is 3.56. The molecule has 1 saturated heterocycles. The van der Waals surface area contributed by atoms with Crippen LogP contribution in [-0.4, -0.2) is 43.6 Å². The predicted octanol–water partition coefficient (Wildman–Crippen LogP) is 4.12. The molecule has 10 heteroatoms. The summed E-state index contributed by atoms with van der Waals surface area (Å²) in [6.45, 7) is 1.04. The van der Waals surface area contributed by atoms with Gasteiger partial charge in [0.05, 0.1) is 30.2 Å². The van der Waals surface area contributed by atoms with Gasteiger partial charge < -0.3 is 18.8 Å². The Labute approximate surface area is 194 Å². The van der Waals surface area contributed by atoms with Crippen molar-refractivity contribution in [2.45, 2.75) is 18.4 Å². The summed E-state index contributed by atoms with van der Waals surface area (Å²) in [4.78, 5) is 4.11. The van der Waals surface area contributed by atoms with Crippen LogP contribution in [0.5, 0.6) is 5.75 Å². The maximum atomic E-state index is 6.51. The highest BCUT2D eigenvalue weighted by Crippen LogP contribution is 2.40. The minimum atomic E-state index is -1.08. The molecule has 1 aliphatic rings. The van der Waals surface area contributed by atoms with E-state index in [1.54, 1.807) is 41.9 Å². The van der Waals surface area contributed by atoms with Gasteiger partial charge in [-0.05, 0) is 24.3 Å². The molecule has 8 nitrogen and oxygen atoms in total. The van der Waals surface area contributed by atoms with Gasteiger partial charge in [-0.15, -0.1) is 10.2 Å². The van der Waals surface area contributed by atoms with Crippen LogP contribution in [-0.2, 0) is 21.8 Å². The number of hydrogen-bond donors (Lipinski definition) is 0. The summed E-state index contributed by atoms with van der Waals surface area (Å²) in [6, 6.07) is 12.9. The normalized spacial score (nSPS) is 20.5. The fraction of sp³-hybridized carbons (Fsp3) is 0.227. The van der Waals surface area contributed by atoms with Crippen molar-refractivity contribution in [2.24, 2.45) is 0 Å². The molecule has 1 fully saturated rings. The van der Waals surface area contributed by atoms with E-state index in [1.165, 1.54) is 0 Å². The molecule has 2 aromatic heterocycles. The molecule has 0 saturated carbocycles. The van der Waals surface area contributed by atoms with E-state index in [4.69, 9.17) is 37.4 Å². The van der Waals surface area contributed by atoms with Gasteiger partial charge in [0.25, 0.3) is 0 Å². The molecule has 2 unspecified atom stereocenters. The zero-order valence-electron chi connectivity index (χ0n) is 16.8. The minimum absolute atomic E-state index is 0.302. The molecule has 3 heterocycles. The van der Waals surface area contributed by atoms with Crippen molar-refractivity contribution < 1.29 is 14.2 Å². The van der Waals surface area contributed by atoms with E-state index < -0.39 is 5.79 Å². The van der Waals surface area contributed by atoms with Gasteiger partial charge in [0.1, 0.15) is 31.1 Å². The fourth-order valence-electron chi connectivity index (χ4n) is 3.63. The Morgan fingerprint density at radius 3 is 2.75 bits per heavy atom. The van der Waals surface area contributed by atoms with Crippen molar-refractivity contribution in [1.29, 1.82) is 0 Å². The van der Waals surface area contributed by atoms with Gasteiger partial charge in [0.2, 0.25) is 5.79 Å². The first-order chi connectivity index (χ1) is 15.6. The van der Waals surface area contributed by atoms with Crippen molar-refractivity contribution in [3.8, 4) is 11.4 Å². The SMILES string of the molecule is Clc1ccc(C2(Cn3ccnc3)OCC(COc3cccc(-n4cnnc4)c3)O2)c(Cl)c1. The number of rotatable bonds is 7. The van der Waals surface area contributed by atoms with Crippen LogP contribution in [0.3, 0.4) is 0 Å². The van der Waals surface area contributed by atoms with E-state index >= 15 is 0 Å². The quantitative estimate of drug-likeness (QED) is 0.403. The van der Waals surface area contributed by atoms with Crippen molar-refractivity contribution in [2.75, 3.05) is 13.2 Å². The molecule has 0 amide bonds. The second kappa shape index (κ2) is 8.91. The lowest BCUT2D eigenvalue weighted by Crippen LogP contribution is -2.34. The molecular weight excluding hydrogens is 453 g/mol. The third-order valence-electron chi connectivity index (χ3n) is 5.12. The maximum absolute atomic E-state index is 6.51. The van der Waals surface area contributed by atoms with E-state index in [2.05, 4.69) is 15.2 Å². The van der Waals surface area contributed by atoms with Gasteiger partial charge in [-0.25, -0.2) is 4.98 Å². The Balaban J connectivity index is 1.33. The first kappa shape index (κ1) is 21.0. The lowest BCUT2D eigenvalue weighted by atomic mass is 10.1. The summed E-state index contributed by atoms with van der Waals surface area (Å²) in [5, 5.41) is 8.69. The first-order valence-corrected chi connectivity index (χ1v) is 10.7. The number of halogens is 2. The number of ether oxygens (including phenoxy) is 3. The van der Waals surface area contributed by atoms with Gasteiger partial charge in [-0.3, -0.25) is 4.57 Å². The molecule has 5 rings (SSSR count). The molecule has 164 valence electrons. The minimum Gasteiger partial charge on any atom is -0.491 e. The molecule has 1 aliphatic heterocycles. The number of aromatic nitrogens is 5. The zero-order valence-corrected chi connectivity index (χ0v) is 18.4. The molecule has 0 radical (unpaired) electrons. The van der Waals surface area contributed by atoms with Crippen LogP contribution in [0.2, 0.25) is 10.0 Å². The van der Waals surface area contributed by atoms with Crippen LogP contribution >= 0.6 is 23.2 Å². The third kappa shape index (κ3) is 4.35. The highest BCUT2D eigenvalue weighted by atomic mass is 35.5. The Morgan fingerprint density at radius 1 is 1.09 bits per heavy atom. The monoisotopic (exact) mass is 471 g/mol. The van der Waals surface area contributed by atoms with Crippen molar-refractivity contribution in [3.63, 3.8) is 0 Å². The summed E-state index contributed by atoms with van der Waals surface area (Å²) in [6.07, 6.45) is 8.22. The van der Waals surface area contributed by atoms with Crippen LogP contribution < -0.4 is 4.74 Å². The first-order valence-electron chi connectivity index (χ1n) is 9.92. The van der Waals surface area contributed by atoms with Gasteiger partial charge in [-0.2, -0.15) is 0 Å². The third-order valence-corrected chi connectivity index (χ3v) is 5.67. The highest BCUT2D eigenvalue weighted by Gasteiger charge is 2.45. The summed E-state index contributed by atoms with van der Waals surface area (Å²) in [5.41, 5.74) is 1.60. The topological polar surface area (TPSA) is 76.2 Å². The Hall–Kier alpha value is -2.91. The number of nitrogens with zero attached hydrogens (tertiary/aromatic N) is 5. The number of hydrogen-bond acceptors (Lipinski definition) is 6. The molecule has 2 aromatic carbocycles. The summed E-state index contributed by atoms with van der Waals surface area (Å²) in [7, 11) is 0. The zero-order chi connectivity index (χ0) is 22.0. The smallest absolute Gasteiger partial charge is 0.215 e. The molecule has 2 atom stereocenters. The van der Waals surface area contributed by atoms with E-state index in [0.29, 0.717) is 41.1 Å². The predicted molar refractivity (Wildman–Crippen MR) is 118 cm³/mol. The van der Waals surface area contributed by atoms with Crippen molar-refractivity contribution in [3.05, 3.63) is 89.4 Å². The summed E-state index contributed by atoms with van der Waals surface area (Å²) >= 11 is 12.6. The van der Waals surface area contributed by atoms with E-state index in [-0.39, 0.29) is 6.10 Å². The van der Waals surface area contributed by atoms with E-state index in [0.717, 1.165) is 5.69 Å². The van der Waals surface area contributed by atoms with E-state index in [1.807, 2.05) is 41.1 Å². The molecule has 0 spiro atoms. The largest absolute Gasteiger partial charge is 0.491 e. The van der Waals surface area contributed by atoms with Crippen LogP contribution in [0, 0.1) is 0 Å². The Bertz CT molecular complexity index is 1190. The second-order valence-corrected chi connectivity index (χ2v) is 8.18. The highest BCUT2D eigenvalue weighted by molar-refractivity contribution is 6.35. The van der Waals surface area contributed by atoms with Crippen LogP contribution in [0.15, 0.2) is 73.8 Å². The molecule has 32 heavy (non-hydrogen) atoms. The lowest BCUT2D eigenvalue weighted by molar-refractivity contribution is -0.189. The van der Waals surface area contributed by atoms with Crippen LogP contribution in [0.25, 0.3) is 5.69 Å². The lowest BCUT2D eigenvalue weighted by Gasteiger charge is -2.30. The standard InChI is InChI=1S/C22H19Cl2N5O3/c23-16-4-5-20(21(24)8-16)22(12-28-7-6-25-13-28)31-11-19(32-22)10-30-18-3-1-2-17(9-18)29-14-26-27-15-29/h1-9,13-15,19H,10-12H2. The number of benzene rings is 2. The maximum Gasteiger partial charge on any atom is 0.215 e. The molecule has 4 aromatic rings. The number of imidazole rings is 1. The second-order valence-electron chi connectivity index (χ2n) is 7.34. The fourth-order valence-corrected chi connectivity index (χ4v) is 4.18.